The molecule has 0 aromatic rings. The maximum absolute atomic E-state index is 12.6. The SMILES string of the molecule is CC.CC.CCC(C)C/C=C(\C)CC(O)C(C)C.CCC(C/C=C(\C)F)C1CCCCC1.NC=O. The van der Waals surface area contributed by atoms with E-state index in [1.165, 1.54) is 50.5 Å². The predicted octanol–water partition coefficient (Wildman–Crippen LogP) is 9.79. The van der Waals surface area contributed by atoms with Gasteiger partial charge in [0.2, 0.25) is 6.41 Å². The molecule has 3 unspecified atom stereocenters. The second-order valence-corrected chi connectivity index (χ2v) is 9.54. The van der Waals surface area contributed by atoms with Crippen LogP contribution in [0.3, 0.4) is 0 Å². The van der Waals surface area contributed by atoms with Crippen molar-refractivity contribution < 1.29 is 14.3 Å². The van der Waals surface area contributed by atoms with Crippen LogP contribution in [0.25, 0.3) is 0 Å². The summed E-state index contributed by atoms with van der Waals surface area (Å²) in [5.41, 5.74) is 5.49. The second kappa shape index (κ2) is 30.9. The third-order valence-electron chi connectivity index (χ3n) is 6.41. The minimum Gasteiger partial charge on any atom is -0.393 e. The third-order valence-corrected chi connectivity index (χ3v) is 6.41. The molecule has 212 valence electrons. The van der Waals surface area contributed by atoms with Crippen molar-refractivity contribution >= 4 is 6.41 Å². The Morgan fingerprint density at radius 1 is 0.943 bits per heavy atom. The van der Waals surface area contributed by atoms with Crippen molar-refractivity contribution in [2.24, 2.45) is 29.4 Å². The maximum atomic E-state index is 12.6. The number of carbonyl (C=O) groups excluding carboxylic acids is 1. The number of amides is 1. The number of hydrogen-bond donors (Lipinski definition) is 2. The van der Waals surface area contributed by atoms with Crippen molar-refractivity contribution in [1.29, 1.82) is 0 Å². The average molecular weight is 502 g/mol. The highest BCUT2D eigenvalue weighted by atomic mass is 19.1. The minimum absolute atomic E-state index is 0.0146. The van der Waals surface area contributed by atoms with E-state index in [-0.39, 0.29) is 18.3 Å². The van der Waals surface area contributed by atoms with E-state index in [0.29, 0.717) is 5.92 Å². The van der Waals surface area contributed by atoms with Crippen molar-refractivity contribution in [3.63, 3.8) is 0 Å². The molecule has 0 saturated heterocycles. The molecule has 1 rings (SSSR count). The molecule has 0 spiro atoms. The lowest BCUT2D eigenvalue weighted by atomic mass is 9.77. The Balaban J connectivity index is -0.000000218. The highest BCUT2D eigenvalue weighted by Gasteiger charge is 2.21. The Bertz CT molecular complexity index is 478. The molecule has 0 aromatic carbocycles. The molecule has 4 heteroatoms. The number of halogens is 1. The molecule has 0 heterocycles. The van der Waals surface area contributed by atoms with Crippen LogP contribution in [-0.2, 0) is 4.79 Å². The van der Waals surface area contributed by atoms with Gasteiger partial charge in [0.15, 0.2) is 0 Å². The van der Waals surface area contributed by atoms with Gasteiger partial charge in [-0.15, -0.1) is 0 Å². The van der Waals surface area contributed by atoms with Gasteiger partial charge >= 0.3 is 0 Å². The topological polar surface area (TPSA) is 63.3 Å². The number of primary amides is 1. The van der Waals surface area contributed by atoms with E-state index in [1.54, 1.807) is 13.0 Å². The van der Waals surface area contributed by atoms with E-state index in [4.69, 9.17) is 4.79 Å². The van der Waals surface area contributed by atoms with Gasteiger partial charge in [-0.05, 0) is 56.8 Å². The summed E-state index contributed by atoms with van der Waals surface area (Å²) in [5, 5.41) is 9.68. The zero-order valence-corrected chi connectivity index (χ0v) is 25.5. The molecule has 0 aliphatic heterocycles. The van der Waals surface area contributed by atoms with E-state index >= 15 is 0 Å². The summed E-state index contributed by atoms with van der Waals surface area (Å²) in [6.45, 7) is 22.5. The quantitative estimate of drug-likeness (QED) is 0.231. The number of aliphatic hydroxyl groups is 1. The first-order valence-corrected chi connectivity index (χ1v) is 14.4. The van der Waals surface area contributed by atoms with Gasteiger partial charge in [0.1, 0.15) is 0 Å². The summed E-state index contributed by atoms with van der Waals surface area (Å²) in [5.74, 6) is 2.70. The lowest BCUT2D eigenvalue weighted by Gasteiger charge is -2.28. The fraction of sp³-hybridized carbons (Fsp3) is 0.839. The second-order valence-electron chi connectivity index (χ2n) is 9.54. The molecule has 35 heavy (non-hydrogen) atoms. The van der Waals surface area contributed by atoms with Crippen molar-refractivity contribution in [3.8, 4) is 0 Å². The summed E-state index contributed by atoms with van der Waals surface area (Å²) >= 11 is 0. The lowest BCUT2D eigenvalue weighted by molar-refractivity contribution is -0.106. The number of carbonyl (C=O) groups is 1. The zero-order valence-electron chi connectivity index (χ0n) is 25.5. The van der Waals surface area contributed by atoms with Crippen LogP contribution < -0.4 is 5.73 Å². The Kier molecular flexibility index (Phi) is 36.2. The molecule has 1 amide bonds. The summed E-state index contributed by atoms with van der Waals surface area (Å²) < 4.78 is 12.6. The number of hydrogen-bond acceptors (Lipinski definition) is 2. The Morgan fingerprint density at radius 3 is 1.80 bits per heavy atom. The molecule has 0 bridgehead atoms. The van der Waals surface area contributed by atoms with Crippen LogP contribution in [0, 0.1) is 23.7 Å². The molecule has 0 radical (unpaired) electrons. The number of aliphatic hydroxyl groups excluding tert-OH is 1. The zero-order chi connectivity index (χ0) is 28.2. The van der Waals surface area contributed by atoms with Crippen molar-refractivity contribution in [3.05, 3.63) is 23.6 Å². The molecule has 1 fully saturated rings. The van der Waals surface area contributed by atoms with Gasteiger partial charge in [0, 0.05) is 0 Å². The predicted molar refractivity (Wildman–Crippen MR) is 156 cm³/mol. The Labute approximate surface area is 220 Å². The standard InChI is InChI=1S/C13H23F.C13H26O.2C2H6.CH3NO/c1-3-12(10-9-11(2)14)13-7-5-4-6-8-13;1-6-11(4)7-8-12(5)9-13(14)10(2)3;2*1-2;2-1-3/h9,12-13H,3-8,10H2,1-2H3;8,10-11,13-14H,6-7,9H2,1-5H3;2*1-2H3;1H,(H2,2,3)/b11-9+;12-8+;;;. The highest BCUT2D eigenvalue weighted by Crippen LogP contribution is 2.33. The Morgan fingerprint density at radius 2 is 1.43 bits per heavy atom. The van der Waals surface area contributed by atoms with Crippen LogP contribution in [0.2, 0.25) is 0 Å². The van der Waals surface area contributed by atoms with Crippen molar-refractivity contribution in [2.75, 3.05) is 0 Å². The van der Waals surface area contributed by atoms with Crippen LogP contribution in [0.1, 0.15) is 140 Å². The van der Waals surface area contributed by atoms with Gasteiger partial charge in [0.05, 0.1) is 11.9 Å². The molecule has 3 nitrogen and oxygen atoms in total. The van der Waals surface area contributed by atoms with E-state index in [2.05, 4.69) is 53.4 Å². The number of nitrogens with two attached hydrogens (primary N) is 1. The van der Waals surface area contributed by atoms with Gasteiger partial charge in [-0.2, -0.15) is 0 Å². The maximum Gasteiger partial charge on any atom is 0.204 e. The molecule has 3 N–H and O–H groups in total. The van der Waals surface area contributed by atoms with Crippen LogP contribution in [0.15, 0.2) is 23.6 Å². The molecular formula is C31H64FNO2. The smallest absolute Gasteiger partial charge is 0.204 e. The summed E-state index contributed by atoms with van der Waals surface area (Å²) in [7, 11) is 0. The van der Waals surface area contributed by atoms with E-state index in [9.17, 15) is 9.50 Å². The van der Waals surface area contributed by atoms with Crippen molar-refractivity contribution in [1.82, 2.24) is 0 Å². The summed E-state index contributed by atoms with van der Waals surface area (Å²) in [6, 6.07) is 0. The van der Waals surface area contributed by atoms with E-state index in [0.717, 1.165) is 37.0 Å². The molecular weight excluding hydrogens is 437 g/mol. The number of rotatable bonds is 10. The average Bonchev–Trinajstić information content (AvgIpc) is 2.86. The lowest BCUT2D eigenvalue weighted by Crippen LogP contribution is -2.16. The largest absolute Gasteiger partial charge is 0.393 e. The first-order chi connectivity index (χ1) is 16.6. The first-order valence-electron chi connectivity index (χ1n) is 14.4. The Hall–Kier alpha value is -1.16. The molecule has 1 saturated carbocycles. The van der Waals surface area contributed by atoms with E-state index in [1.807, 2.05) is 27.7 Å². The van der Waals surface area contributed by atoms with Gasteiger partial charge in [-0.25, -0.2) is 4.39 Å². The van der Waals surface area contributed by atoms with Gasteiger partial charge in [-0.1, -0.05) is 125 Å². The first kappa shape index (κ1) is 41.0. The van der Waals surface area contributed by atoms with Crippen LogP contribution >= 0.6 is 0 Å². The minimum atomic E-state index is -0.178. The normalized spacial score (nSPS) is 16.5. The molecule has 0 aromatic heterocycles. The number of allylic oxidation sites excluding steroid dienone is 3. The molecule has 1 aliphatic carbocycles. The van der Waals surface area contributed by atoms with Gasteiger partial charge in [-0.3, -0.25) is 4.79 Å². The highest BCUT2D eigenvalue weighted by molar-refractivity contribution is 5.42. The van der Waals surface area contributed by atoms with Gasteiger partial charge in [0.25, 0.3) is 0 Å². The third kappa shape index (κ3) is 29.0. The van der Waals surface area contributed by atoms with Gasteiger partial charge < -0.3 is 10.8 Å². The molecule has 1 aliphatic rings. The fourth-order valence-electron chi connectivity index (χ4n) is 3.83. The van der Waals surface area contributed by atoms with E-state index < -0.39 is 0 Å². The summed E-state index contributed by atoms with van der Waals surface area (Å²) in [4.78, 5) is 8.58. The summed E-state index contributed by atoms with van der Waals surface area (Å²) in [6.07, 6.45) is 16.4. The van der Waals surface area contributed by atoms with Crippen LogP contribution in [-0.4, -0.2) is 17.6 Å². The monoisotopic (exact) mass is 501 g/mol. The van der Waals surface area contributed by atoms with Crippen LogP contribution in [0.5, 0.6) is 0 Å². The van der Waals surface area contributed by atoms with Crippen LogP contribution in [0.4, 0.5) is 4.39 Å². The fourth-order valence-corrected chi connectivity index (χ4v) is 3.83. The van der Waals surface area contributed by atoms with Crippen molar-refractivity contribution in [2.45, 2.75) is 146 Å². The molecule has 3 atom stereocenters.